The lowest BCUT2D eigenvalue weighted by molar-refractivity contribution is -0.134. The van der Waals surface area contributed by atoms with Gasteiger partial charge in [-0.25, -0.2) is 4.79 Å². The average Bonchev–Trinajstić information content (AvgIpc) is 2.54. The maximum atomic E-state index is 12.7. The van der Waals surface area contributed by atoms with Crippen LogP contribution in [0.2, 0.25) is 0 Å². The van der Waals surface area contributed by atoms with E-state index >= 15 is 0 Å². The van der Waals surface area contributed by atoms with Gasteiger partial charge in [0, 0.05) is 12.7 Å². The number of carboxylic acid groups (broad SMARTS) is 1. The van der Waals surface area contributed by atoms with Gasteiger partial charge in [-0.1, -0.05) is 6.92 Å². The van der Waals surface area contributed by atoms with Gasteiger partial charge in [0.15, 0.2) is 17.7 Å². The lowest BCUT2D eigenvalue weighted by atomic mass is 10.1. The molecule has 0 radical (unpaired) electrons. The Labute approximate surface area is 132 Å². The Hall–Kier alpha value is -2.35. The second-order valence-corrected chi connectivity index (χ2v) is 5.62. The zero-order chi connectivity index (χ0) is 16.7. The van der Waals surface area contributed by atoms with Crippen LogP contribution >= 0.6 is 0 Å². The summed E-state index contributed by atoms with van der Waals surface area (Å²) >= 11 is 0. The maximum Gasteiger partial charge on any atom is 0.341 e. The van der Waals surface area contributed by atoms with Crippen molar-refractivity contribution in [3.63, 3.8) is 0 Å². The number of aromatic carboxylic acids is 1. The van der Waals surface area contributed by atoms with Gasteiger partial charge in [0.1, 0.15) is 5.56 Å². The second kappa shape index (κ2) is 5.69. The second-order valence-electron chi connectivity index (χ2n) is 5.62. The monoisotopic (exact) mass is 322 g/mol. The van der Waals surface area contributed by atoms with E-state index in [-0.39, 0.29) is 30.0 Å². The van der Waals surface area contributed by atoms with Crippen LogP contribution < -0.4 is 10.2 Å². The van der Waals surface area contributed by atoms with Crippen LogP contribution in [0.4, 0.5) is 0 Å². The van der Waals surface area contributed by atoms with Crippen LogP contribution in [0, 0.1) is 0 Å². The first-order valence-corrected chi connectivity index (χ1v) is 7.49. The molecule has 3 rings (SSSR count). The Balaban J connectivity index is 2.11. The molecule has 1 saturated heterocycles. The number of nitrogens with zero attached hydrogens (tertiary/aromatic N) is 2. The van der Waals surface area contributed by atoms with Gasteiger partial charge < -0.3 is 24.0 Å². The summed E-state index contributed by atoms with van der Waals surface area (Å²) in [4.78, 5) is 37.7. The van der Waals surface area contributed by atoms with Gasteiger partial charge in [0.2, 0.25) is 5.43 Å². The first kappa shape index (κ1) is 15.5. The van der Waals surface area contributed by atoms with Crippen LogP contribution in [0.25, 0.3) is 0 Å². The molecular weight excluding hydrogens is 304 g/mol. The molecule has 0 aromatic carbocycles. The molecule has 0 saturated carbocycles. The molecule has 1 aromatic heterocycles. The molecule has 0 spiro atoms. The molecule has 1 amide bonds. The highest BCUT2D eigenvalue weighted by Crippen LogP contribution is 2.29. The molecule has 2 aliphatic heterocycles. The van der Waals surface area contributed by atoms with E-state index in [9.17, 15) is 19.5 Å². The van der Waals surface area contributed by atoms with Gasteiger partial charge >= 0.3 is 5.97 Å². The standard InChI is InChI=1S/C15H18N2O6/c1-3-8-4-5-17-10(23-8)7-16-6-9(15(20)21)12(18)13(22-2)11(16)14(17)19/h6,8,10H,3-5,7H2,1-2H3,(H,20,21). The predicted octanol–water partition coefficient (Wildman–Crippen LogP) is 0.536. The van der Waals surface area contributed by atoms with Crippen molar-refractivity contribution in [2.75, 3.05) is 13.7 Å². The molecule has 8 nitrogen and oxygen atoms in total. The highest BCUT2D eigenvalue weighted by molar-refractivity contribution is 5.97. The number of carbonyl (C=O) groups excluding carboxylic acids is 1. The third kappa shape index (κ3) is 2.39. The third-order valence-corrected chi connectivity index (χ3v) is 4.33. The number of ether oxygens (including phenoxy) is 2. The number of hydrogen-bond donors (Lipinski definition) is 1. The highest BCUT2D eigenvalue weighted by atomic mass is 16.5. The number of carbonyl (C=O) groups is 2. The summed E-state index contributed by atoms with van der Waals surface area (Å²) in [6.45, 7) is 2.83. The number of pyridine rings is 1. The van der Waals surface area contributed by atoms with E-state index in [1.54, 1.807) is 4.90 Å². The Morgan fingerprint density at radius 2 is 2.22 bits per heavy atom. The first-order valence-electron chi connectivity index (χ1n) is 7.49. The van der Waals surface area contributed by atoms with Crippen LogP contribution in [-0.4, -0.2) is 52.4 Å². The summed E-state index contributed by atoms with van der Waals surface area (Å²) in [5.41, 5.74) is -1.13. The summed E-state index contributed by atoms with van der Waals surface area (Å²) in [6.07, 6.45) is 2.39. The van der Waals surface area contributed by atoms with E-state index in [2.05, 4.69) is 0 Å². The SMILES string of the molecule is CCC1CCN2C(=O)c3c(OC)c(=O)c(C(=O)O)cn3CC2O1. The van der Waals surface area contributed by atoms with E-state index in [1.807, 2.05) is 6.92 Å². The topological polar surface area (TPSA) is 98.1 Å². The van der Waals surface area contributed by atoms with Gasteiger partial charge in [-0.3, -0.25) is 9.59 Å². The van der Waals surface area contributed by atoms with Crippen LogP contribution in [0.5, 0.6) is 5.75 Å². The molecule has 2 aliphatic rings. The Morgan fingerprint density at radius 3 is 2.83 bits per heavy atom. The van der Waals surface area contributed by atoms with Crippen LogP contribution in [0.15, 0.2) is 11.0 Å². The number of aromatic nitrogens is 1. The first-order chi connectivity index (χ1) is 11.0. The van der Waals surface area contributed by atoms with Gasteiger partial charge in [-0.05, 0) is 12.8 Å². The van der Waals surface area contributed by atoms with Crippen molar-refractivity contribution in [3.05, 3.63) is 27.7 Å². The summed E-state index contributed by atoms with van der Waals surface area (Å²) in [5.74, 6) is -1.96. The minimum atomic E-state index is -1.35. The van der Waals surface area contributed by atoms with Crippen molar-refractivity contribution < 1.29 is 24.2 Å². The van der Waals surface area contributed by atoms with Crippen molar-refractivity contribution in [2.45, 2.75) is 38.6 Å². The van der Waals surface area contributed by atoms with E-state index in [1.165, 1.54) is 17.9 Å². The van der Waals surface area contributed by atoms with Gasteiger partial charge in [-0.2, -0.15) is 0 Å². The summed E-state index contributed by atoms with van der Waals surface area (Å²) in [7, 11) is 1.25. The number of rotatable bonds is 3. The van der Waals surface area contributed by atoms with Crippen LogP contribution in [0.3, 0.4) is 0 Å². The van der Waals surface area contributed by atoms with E-state index in [0.717, 1.165) is 12.8 Å². The molecule has 1 fully saturated rings. The van der Waals surface area contributed by atoms with E-state index < -0.39 is 23.2 Å². The van der Waals surface area contributed by atoms with Crippen molar-refractivity contribution in [2.24, 2.45) is 0 Å². The molecule has 8 heteroatoms. The number of fused-ring (bicyclic) bond motifs is 2. The summed E-state index contributed by atoms with van der Waals surface area (Å²) in [5, 5.41) is 9.17. The Morgan fingerprint density at radius 1 is 1.48 bits per heavy atom. The van der Waals surface area contributed by atoms with E-state index in [4.69, 9.17) is 9.47 Å². The fraction of sp³-hybridized carbons (Fsp3) is 0.533. The van der Waals surface area contributed by atoms with Gasteiger partial charge in [-0.15, -0.1) is 0 Å². The number of amides is 1. The molecule has 1 aromatic rings. The predicted molar refractivity (Wildman–Crippen MR) is 78.8 cm³/mol. The summed E-state index contributed by atoms with van der Waals surface area (Å²) in [6, 6.07) is 0. The molecule has 23 heavy (non-hydrogen) atoms. The molecule has 0 aliphatic carbocycles. The largest absolute Gasteiger partial charge is 0.491 e. The molecule has 3 heterocycles. The number of hydrogen-bond acceptors (Lipinski definition) is 5. The molecule has 2 unspecified atom stereocenters. The number of methoxy groups -OCH3 is 1. The minimum Gasteiger partial charge on any atom is -0.491 e. The Bertz CT molecular complexity index is 725. The van der Waals surface area contributed by atoms with Gasteiger partial charge in [0.25, 0.3) is 5.91 Å². The summed E-state index contributed by atoms with van der Waals surface area (Å²) < 4.78 is 12.4. The fourth-order valence-corrected chi connectivity index (χ4v) is 3.11. The normalized spacial score (nSPS) is 23.2. The lowest BCUT2D eigenvalue weighted by Gasteiger charge is -2.43. The lowest BCUT2D eigenvalue weighted by Crippen LogP contribution is -2.55. The minimum absolute atomic E-state index is 0.0748. The van der Waals surface area contributed by atoms with Crippen molar-refractivity contribution in [1.29, 1.82) is 0 Å². The third-order valence-electron chi connectivity index (χ3n) is 4.33. The quantitative estimate of drug-likeness (QED) is 0.872. The molecule has 1 N–H and O–H groups in total. The van der Waals surface area contributed by atoms with Crippen molar-refractivity contribution in [1.82, 2.24) is 9.47 Å². The fourth-order valence-electron chi connectivity index (χ4n) is 3.11. The maximum absolute atomic E-state index is 12.7. The molecule has 2 atom stereocenters. The smallest absolute Gasteiger partial charge is 0.341 e. The molecule has 0 bridgehead atoms. The molecular formula is C15H18N2O6. The van der Waals surface area contributed by atoms with E-state index in [0.29, 0.717) is 6.54 Å². The number of carboxylic acids is 1. The Kier molecular flexibility index (Phi) is 3.85. The zero-order valence-corrected chi connectivity index (χ0v) is 12.9. The van der Waals surface area contributed by atoms with Crippen molar-refractivity contribution >= 4 is 11.9 Å². The molecule has 124 valence electrons. The van der Waals surface area contributed by atoms with Gasteiger partial charge in [0.05, 0.1) is 19.8 Å². The van der Waals surface area contributed by atoms with Crippen LogP contribution in [-0.2, 0) is 11.3 Å². The van der Waals surface area contributed by atoms with Crippen molar-refractivity contribution in [3.8, 4) is 5.75 Å². The van der Waals surface area contributed by atoms with Crippen LogP contribution in [0.1, 0.15) is 40.6 Å². The average molecular weight is 322 g/mol. The zero-order valence-electron chi connectivity index (χ0n) is 12.9. The highest BCUT2D eigenvalue weighted by Gasteiger charge is 2.40.